The van der Waals surface area contributed by atoms with Crippen molar-refractivity contribution in [2.75, 3.05) is 96.1 Å². The van der Waals surface area contributed by atoms with E-state index in [1.165, 1.54) is 36.4 Å². The number of fused-ring (bicyclic) bond motifs is 2. The van der Waals surface area contributed by atoms with Gasteiger partial charge in [0.05, 0.1) is 86.2 Å². The molecule has 0 spiro atoms. The molecular formula is C46H67N2O19S4+. The number of rotatable bonds is 34. The van der Waals surface area contributed by atoms with E-state index in [0.717, 1.165) is 0 Å². The van der Waals surface area contributed by atoms with Crippen LogP contribution in [0.5, 0.6) is 0 Å². The van der Waals surface area contributed by atoms with Gasteiger partial charge >= 0.3 is 5.97 Å². The molecule has 0 saturated heterocycles. The van der Waals surface area contributed by atoms with Gasteiger partial charge in [0, 0.05) is 61.0 Å². The molecule has 4 rings (SSSR count). The lowest BCUT2D eigenvalue weighted by molar-refractivity contribution is -0.438. The van der Waals surface area contributed by atoms with Gasteiger partial charge in [-0.25, -0.2) is 0 Å². The fourth-order valence-corrected chi connectivity index (χ4v) is 10.8. The first-order chi connectivity index (χ1) is 33.3. The van der Waals surface area contributed by atoms with E-state index in [1.54, 1.807) is 51.3 Å². The van der Waals surface area contributed by atoms with Crippen LogP contribution in [0.1, 0.15) is 76.3 Å². The molecule has 2 heterocycles. The van der Waals surface area contributed by atoms with Gasteiger partial charge in [-0.2, -0.15) is 38.2 Å². The van der Waals surface area contributed by atoms with Crippen LogP contribution in [0, 0.1) is 0 Å². The summed E-state index contributed by atoms with van der Waals surface area (Å²) in [5.41, 5.74) is 1.15. The maximum Gasteiger partial charge on any atom is 0.303 e. The number of carbonyl (C=O) groups is 1. The van der Waals surface area contributed by atoms with Crippen LogP contribution in [0.3, 0.4) is 0 Å². The van der Waals surface area contributed by atoms with Crippen LogP contribution in [-0.2, 0) is 79.8 Å². The average Bonchev–Trinajstić information content (AvgIpc) is 3.64. The van der Waals surface area contributed by atoms with E-state index in [4.69, 9.17) is 23.7 Å². The smallest absolute Gasteiger partial charge is 0.303 e. The minimum Gasteiger partial charge on any atom is -0.481 e. The maximum atomic E-state index is 12.4. The number of aliphatic carboxylic acids is 1. The molecule has 0 saturated carbocycles. The zero-order valence-electron chi connectivity index (χ0n) is 40.2. The van der Waals surface area contributed by atoms with E-state index in [2.05, 4.69) is 0 Å². The third-order valence-electron chi connectivity index (χ3n) is 12.2. The second-order valence-electron chi connectivity index (χ2n) is 17.4. The first-order valence-corrected chi connectivity index (χ1v) is 29.1. The van der Waals surface area contributed by atoms with Crippen molar-refractivity contribution >= 4 is 63.5 Å². The van der Waals surface area contributed by atoms with Crippen molar-refractivity contribution in [3.63, 3.8) is 0 Å². The van der Waals surface area contributed by atoms with Crippen molar-refractivity contribution in [2.24, 2.45) is 0 Å². The van der Waals surface area contributed by atoms with Gasteiger partial charge in [-0.3, -0.25) is 23.0 Å². The summed E-state index contributed by atoms with van der Waals surface area (Å²) in [5.74, 6) is -2.10. The summed E-state index contributed by atoms with van der Waals surface area (Å²) >= 11 is 0. The normalized spacial score (nSPS) is 19.2. The molecule has 2 aliphatic rings. The maximum absolute atomic E-state index is 12.4. The van der Waals surface area contributed by atoms with Gasteiger partial charge in [0.2, 0.25) is 5.69 Å². The second kappa shape index (κ2) is 26.8. The largest absolute Gasteiger partial charge is 0.481 e. The quantitative estimate of drug-likeness (QED) is 0.0266. The molecular weight excluding hydrogens is 1010 g/mol. The number of ether oxygens (including phenoxy) is 5. The first-order valence-electron chi connectivity index (χ1n) is 23.0. The Morgan fingerprint density at radius 2 is 1.15 bits per heavy atom. The molecule has 2 atom stereocenters. The van der Waals surface area contributed by atoms with Crippen LogP contribution >= 0.6 is 0 Å². The molecule has 0 fully saturated rings. The summed E-state index contributed by atoms with van der Waals surface area (Å²) in [6.45, 7) is 7.30. The molecule has 21 nitrogen and oxygen atoms in total. The Morgan fingerprint density at radius 1 is 0.634 bits per heavy atom. The lowest BCUT2D eigenvalue weighted by Crippen LogP contribution is -2.32. The second-order valence-corrected chi connectivity index (χ2v) is 23.4. The van der Waals surface area contributed by atoms with Gasteiger partial charge in [0.25, 0.3) is 40.5 Å². The van der Waals surface area contributed by atoms with Crippen LogP contribution in [-0.4, -0.2) is 164 Å². The van der Waals surface area contributed by atoms with Crippen molar-refractivity contribution in [3.05, 3.63) is 83.6 Å². The highest BCUT2D eigenvalue weighted by molar-refractivity contribution is 7.86. The fraction of sp³-hybridized carbons (Fsp3) is 0.565. The third-order valence-corrected chi connectivity index (χ3v) is 15.5. The predicted molar refractivity (Wildman–Crippen MR) is 263 cm³/mol. The Kier molecular flexibility index (Phi) is 22.5. The Morgan fingerprint density at radius 3 is 1.69 bits per heavy atom. The predicted octanol–water partition coefficient (Wildman–Crippen LogP) is 5.00. The number of unbranched alkanes of at least 4 members (excludes halogenated alkanes) is 2. The van der Waals surface area contributed by atoms with Crippen molar-refractivity contribution in [1.82, 2.24) is 0 Å². The molecule has 2 aromatic rings. The first kappa shape index (κ1) is 59.6. The molecule has 0 radical (unpaired) electrons. The fourth-order valence-electron chi connectivity index (χ4n) is 8.75. The molecule has 0 bridgehead atoms. The number of hydrogen-bond donors (Lipinski definition) is 5. The van der Waals surface area contributed by atoms with Crippen LogP contribution < -0.4 is 4.90 Å². The number of methoxy groups -OCH3 is 1. The van der Waals surface area contributed by atoms with Crippen molar-refractivity contribution in [3.8, 4) is 0 Å². The topological polar surface area (TPSA) is 307 Å². The number of nitrogens with zero attached hydrogens (tertiary/aromatic N) is 2. The van der Waals surface area contributed by atoms with Crippen LogP contribution in [0.15, 0.2) is 82.3 Å². The summed E-state index contributed by atoms with van der Waals surface area (Å²) in [6.07, 6.45) is 10.2. The van der Waals surface area contributed by atoms with Gasteiger partial charge < -0.3 is 33.7 Å². The molecule has 0 amide bonds. The number of carboxylic acids is 1. The molecule has 0 aromatic heterocycles. The van der Waals surface area contributed by atoms with Crippen molar-refractivity contribution in [1.29, 1.82) is 0 Å². The van der Waals surface area contributed by atoms with Gasteiger partial charge in [-0.15, -0.1) is 0 Å². The minimum absolute atomic E-state index is 0.0271. The third kappa shape index (κ3) is 18.2. The highest BCUT2D eigenvalue weighted by Gasteiger charge is 2.48. The van der Waals surface area contributed by atoms with E-state index in [1.807, 2.05) is 9.48 Å². The number of benzene rings is 2. The van der Waals surface area contributed by atoms with E-state index in [9.17, 15) is 61.8 Å². The molecule has 5 N–H and O–H groups in total. The van der Waals surface area contributed by atoms with Gasteiger partial charge in [0.15, 0.2) is 5.71 Å². The standard InChI is InChI=1S/C46H66N2O19S4/c1-45(19-10-32-68(51,52)53)38-34-36(70(57,58)59)15-17-40(38)47(21-9-5-8-14-44(49)50)42(45)12-6-4-7-13-43-46(2,20-11-33-69(54,55)56)39-35-37(71(60,61)62)16-18-41(39)48(43)22-23-64-26-27-66-30-31-67-29-28-65-25-24-63-3/h4,6-7,12-13,15-18,34-35H,5,8-11,14,19-33H2,1-3H3,(H4-,49,50,51,52,53,54,55,56,57,58,59,60,61,62)/p+1. The molecule has 2 unspecified atom stereocenters. The Balaban J connectivity index is 1.69. The van der Waals surface area contributed by atoms with E-state index in [0.29, 0.717) is 99.4 Å². The molecule has 398 valence electrons. The number of hydrogen-bond acceptors (Lipinski definition) is 15. The van der Waals surface area contributed by atoms with Crippen molar-refractivity contribution < 1.29 is 90.0 Å². The Hall–Kier alpha value is -3.96. The molecule has 71 heavy (non-hydrogen) atoms. The van der Waals surface area contributed by atoms with E-state index >= 15 is 0 Å². The summed E-state index contributed by atoms with van der Waals surface area (Å²) in [5, 5.41) is 9.18. The number of anilines is 1. The molecule has 2 aromatic carbocycles. The van der Waals surface area contributed by atoms with Gasteiger partial charge in [-0.1, -0.05) is 18.2 Å². The number of allylic oxidation sites excluding steroid dienone is 6. The Labute approximate surface area is 417 Å². The summed E-state index contributed by atoms with van der Waals surface area (Å²) in [4.78, 5) is 12.3. The average molecular weight is 1080 g/mol. The van der Waals surface area contributed by atoms with Crippen molar-refractivity contribution in [2.45, 2.75) is 85.8 Å². The van der Waals surface area contributed by atoms with E-state index < -0.39 is 68.8 Å². The summed E-state index contributed by atoms with van der Waals surface area (Å²) < 4.78 is 165. The lowest BCUT2D eigenvalue weighted by Gasteiger charge is -2.30. The summed E-state index contributed by atoms with van der Waals surface area (Å²) in [7, 11) is -16.5. The van der Waals surface area contributed by atoms with E-state index in [-0.39, 0.29) is 68.3 Å². The van der Waals surface area contributed by atoms with Gasteiger partial charge in [-0.05, 0) is 94.3 Å². The molecule has 25 heteroatoms. The zero-order valence-corrected chi connectivity index (χ0v) is 43.4. The SMILES string of the molecule is COCCOCCOCCOCCOCCN1C(=CC=CC=CC2=[N+](CCCCCC(=O)O)c3ccc(S(=O)(=O)O)cc3C2(C)CCCS(=O)(=O)O)C(C)(CCCS(=O)(=O)O)c2cc(S(=O)(=O)O)ccc21. The molecule has 2 aliphatic heterocycles. The van der Waals surface area contributed by atoms with Crippen LogP contribution in [0.25, 0.3) is 0 Å². The van der Waals surface area contributed by atoms with Crippen LogP contribution in [0.4, 0.5) is 11.4 Å². The highest BCUT2D eigenvalue weighted by atomic mass is 32.2. The zero-order chi connectivity index (χ0) is 52.5. The monoisotopic (exact) mass is 1080 g/mol. The van der Waals surface area contributed by atoms with Crippen LogP contribution in [0.2, 0.25) is 0 Å². The summed E-state index contributed by atoms with van der Waals surface area (Å²) in [6, 6.07) is 8.24. The number of carboxylic acid groups (broad SMARTS) is 1. The Bertz CT molecular complexity index is 2720. The lowest BCUT2D eigenvalue weighted by atomic mass is 9.76. The minimum atomic E-state index is -4.67. The highest BCUT2D eigenvalue weighted by Crippen LogP contribution is 2.51. The van der Waals surface area contributed by atoms with Gasteiger partial charge in [0.1, 0.15) is 6.54 Å². The molecule has 0 aliphatic carbocycles.